The zero-order valence-electron chi connectivity index (χ0n) is 37.7. The third-order valence-electron chi connectivity index (χ3n) is 12.0. The highest BCUT2D eigenvalue weighted by Crippen LogP contribution is 2.17. The van der Waals surface area contributed by atoms with Gasteiger partial charge in [-0.25, -0.2) is 0 Å². The van der Waals surface area contributed by atoms with Gasteiger partial charge in [-0.05, 0) is 19.3 Å². The van der Waals surface area contributed by atoms with Gasteiger partial charge in [-0.1, -0.05) is 276 Å². The fraction of sp³-hybridized carbons (Fsp3) is 0.941. The molecular formula is C51H101NO3. The number of allylic oxidation sites excluding steroid dienone is 1. The van der Waals surface area contributed by atoms with E-state index < -0.39 is 12.1 Å². The molecule has 0 unspecified atom stereocenters. The first kappa shape index (κ1) is 54.1. The van der Waals surface area contributed by atoms with Crippen LogP contribution in [-0.4, -0.2) is 34.9 Å². The summed E-state index contributed by atoms with van der Waals surface area (Å²) in [6.07, 6.45) is 60.7. The maximum atomic E-state index is 12.4. The molecule has 4 heteroatoms. The van der Waals surface area contributed by atoms with Gasteiger partial charge in [-0.2, -0.15) is 0 Å². The molecule has 0 bridgehead atoms. The van der Waals surface area contributed by atoms with Crippen molar-refractivity contribution in [2.24, 2.45) is 0 Å². The minimum Gasteiger partial charge on any atom is -0.394 e. The van der Waals surface area contributed by atoms with Crippen LogP contribution in [0, 0.1) is 0 Å². The molecule has 0 aliphatic rings. The van der Waals surface area contributed by atoms with E-state index in [1.807, 2.05) is 6.08 Å². The molecule has 0 aromatic carbocycles. The second-order valence-electron chi connectivity index (χ2n) is 17.6. The molecule has 0 aliphatic heterocycles. The average Bonchev–Trinajstić information content (AvgIpc) is 3.19. The van der Waals surface area contributed by atoms with Crippen LogP contribution in [-0.2, 0) is 4.79 Å². The molecule has 0 radical (unpaired) electrons. The summed E-state index contributed by atoms with van der Waals surface area (Å²) in [6, 6.07) is -0.616. The maximum Gasteiger partial charge on any atom is 0.220 e. The number of nitrogens with one attached hydrogen (secondary N) is 1. The SMILES string of the molecule is CCCCCCCCCCCCCC/C=C/[C@@H](O)[C@H](CO)NC(=O)CCCCCCCCCCCCCCCCCCCCCCCCCCCCCCC. The Morgan fingerprint density at radius 1 is 0.418 bits per heavy atom. The fourth-order valence-corrected chi connectivity index (χ4v) is 8.12. The quantitative estimate of drug-likeness (QED) is 0.0426. The van der Waals surface area contributed by atoms with Gasteiger partial charge in [-0.15, -0.1) is 0 Å². The lowest BCUT2D eigenvalue weighted by atomic mass is 10.0. The van der Waals surface area contributed by atoms with Crippen molar-refractivity contribution in [3.05, 3.63) is 12.2 Å². The molecule has 0 aromatic rings. The molecule has 0 spiro atoms. The van der Waals surface area contributed by atoms with Crippen molar-refractivity contribution >= 4 is 5.91 Å². The van der Waals surface area contributed by atoms with E-state index in [1.54, 1.807) is 6.08 Å². The number of hydrogen-bond donors (Lipinski definition) is 3. The second-order valence-corrected chi connectivity index (χ2v) is 17.6. The Balaban J connectivity index is 3.42. The highest BCUT2D eigenvalue weighted by atomic mass is 16.3. The van der Waals surface area contributed by atoms with Crippen LogP contribution >= 0.6 is 0 Å². The number of aliphatic hydroxyl groups is 2. The van der Waals surface area contributed by atoms with Crippen molar-refractivity contribution in [1.29, 1.82) is 0 Å². The van der Waals surface area contributed by atoms with E-state index in [0.29, 0.717) is 6.42 Å². The van der Waals surface area contributed by atoms with Gasteiger partial charge in [0, 0.05) is 6.42 Å². The van der Waals surface area contributed by atoms with E-state index in [9.17, 15) is 15.0 Å². The standard InChI is InChI=1S/C51H101NO3/c1-3-5-7-9-11-13-15-17-19-20-21-22-23-24-25-26-27-28-29-30-31-32-33-35-37-39-41-43-45-47-51(55)52-49(48-53)50(54)46-44-42-40-38-36-34-18-16-14-12-10-8-6-4-2/h44,46,49-50,53-54H,3-43,45,47-48H2,1-2H3,(H,52,55)/b46-44+/t49-,50+/m0/s1. The second kappa shape index (κ2) is 47.5. The third kappa shape index (κ3) is 44.1. The molecule has 55 heavy (non-hydrogen) atoms. The summed E-state index contributed by atoms with van der Waals surface area (Å²) >= 11 is 0. The predicted octanol–water partition coefficient (Wildman–Crippen LogP) is 16.2. The van der Waals surface area contributed by atoms with E-state index in [0.717, 1.165) is 25.7 Å². The van der Waals surface area contributed by atoms with E-state index >= 15 is 0 Å². The van der Waals surface area contributed by atoms with Gasteiger partial charge in [0.05, 0.1) is 18.8 Å². The van der Waals surface area contributed by atoms with E-state index in [4.69, 9.17) is 0 Å². The first-order chi connectivity index (χ1) is 27.2. The lowest BCUT2D eigenvalue weighted by Gasteiger charge is -2.20. The number of hydrogen-bond acceptors (Lipinski definition) is 3. The van der Waals surface area contributed by atoms with Crippen LogP contribution in [0.1, 0.15) is 290 Å². The Bertz CT molecular complexity index is 754. The number of carbonyl (C=O) groups is 1. The van der Waals surface area contributed by atoms with Gasteiger partial charge >= 0.3 is 0 Å². The van der Waals surface area contributed by atoms with Crippen LogP contribution < -0.4 is 5.32 Å². The molecule has 3 N–H and O–H groups in total. The van der Waals surface area contributed by atoms with Crippen LogP contribution in [0.15, 0.2) is 12.2 Å². The summed E-state index contributed by atoms with van der Waals surface area (Å²) in [5.74, 6) is -0.0579. The third-order valence-corrected chi connectivity index (χ3v) is 12.0. The van der Waals surface area contributed by atoms with Gasteiger partial charge < -0.3 is 15.5 Å². The summed E-state index contributed by atoms with van der Waals surface area (Å²) in [5.41, 5.74) is 0. The minimum atomic E-state index is -0.834. The number of aliphatic hydroxyl groups excluding tert-OH is 2. The topological polar surface area (TPSA) is 69.6 Å². The Hall–Kier alpha value is -0.870. The van der Waals surface area contributed by atoms with Crippen molar-refractivity contribution in [2.75, 3.05) is 6.61 Å². The Morgan fingerprint density at radius 2 is 0.673 bits per heavy atom. The molecule has 0 aliphatic carbocycles. The largest absolute Gasteiger partial charge is 0.394 e. The molecule has 0 rings (SSSR count). The van der Waals surface area contributed by atoms with Gasteiger partial charge in [0.1, 0.15) is 0 Å². The van der Waals surface area contributed by atoms with E-state index in [2.05, 4.69) is 19.2 Å². The molecule has 328 valence electrons. The molecule has 1 amide bonds. The zero-order valence-corrected chi connectivity index (χ0v) is 37.7. The summed E-state index contributed by atoms with van der Waals surface area (Å²) in [7, 11) is 0. The normalized spacial score (nSPS) is 12.9. The molecular weight excluding hydrogens is 675 g/mol. The zero-order chi connectivity index (χ0) is 40.0. The maximum absolute atomic E-state index is 12.4. The van der Waals surface area contributed by atoms with Crippen LogP contribution in [0.5, 0.6) is 0 Å². The van der Waals surface area contributed by atoms with Gasteiger partial charge in [0.15, 0.2) is 0 Å². The van der Waals surface area contributed by atoms with E-state index in [-0.39, 0.29) is 12.5 Å². The van der Waals surface area contributed by atoms with Crippen molar-refractivity contribution in [1.82, 2.24) is 5.32 Å². The minimum absolute atomic E-state index is 0.0579. The molecule has 0 heterocycles. The summed E-state index contributed by atoms with van der Waals surface area (Å²) in [4.78, 5) is 12.4. The molecule has 2 atom stereocenters. The molecule has 0 aromatic heterocycles. The molecule has 0 saturated carbocycles. The molecule has 0 fully saturated rings. The Labute approximate surface area is 346 Å². The van der Waals surface area contributed by atoms with Gasteiger partial charge in [0.25, 0.3) is 0 Å². The number of rotatable bonds is 47. The van der Waals surface area contributed by atoms with Crippen LogP contribution in [0.4, 0.5) is 0 Å². The number of unbranched alkanes of at least 4 members (excludes halogenated alkanes) is 40. The summed E-state index contributed by atoms with van der Waals surface area (Å²) in [6.45, 7) is 4.33. The summed E-state index contributed by atoms with van der Waals surface area (Å²) < 4.78 is 0. The van der Waals surface area contributed by atoms with Gasteiger partial charge in [-0.3, -0.25) is 4.79 Å². The lowest BCUT2D eigenvalue weighted by molar-refractivity contribution is -0.123. The van der Waals surface area contributed by atoms with Crippen LogP contribution in [0.2, 0.25) is 0 Å². The smallest absolute Gasteiger partial charge is 0.220 e. The van der Waals surface area contributed by atoms with Crippen molar-refractivity contribution < 1.29 is 15.0 Å². The monoisotopic (exact) mass is 776 g/mol. The van der Waals surface area contributed by atoms with Crippen molar-refractivity contribution in [3.63, 3.8) is 0 Å². The van der Waals surface area contributed by atoms with Gasteiger partial charge in [0.2, 0.25) is 5.91 Å². The molecule has 4 nitrogen and oxygen atoms in total. The fourth-order valence-electron chi connectivity index (χ4n) is 8.12. The lowest BCUT2D eigenvalue weighted by Crippen LogP contribution is -2.45. The van der Waals surface area contributed by atoms with Crippen molar-refractivity contribution in [3.8, 4) is 0 Å². The first-order valence-corrected chi connectivity index (χ1v) is 25.4. The Kier molecular flexibility index (Phi) is 46.8. The number of amides is 1. The summed E-state index contributed by atoms with van der Waals surface area (Å²) in [5, 5.41) is 23.0. The predicted molar refractivity (Wildman–Crippen MR) is 244 cm³/mol. The number of carbonyl (C=O) groups excluding carboxylic acids is 1. The van der Waals surface area contributed by atoms with Crippen LogP contribution in [0.3, 0.4) is 0 Å². The highest BCUT2D eigenvalue weighted by Gasteiger charge is 2.18. The average molecular weight is 776 g/mol. The first-order valence-electron chi connectivity index (χ1n) is 25.4. The Morgan fingerprint density at radius 3 is 0.945 bits per heavy atom. The molecule has 0 saturated heterocycles. The van der Waals surface area contributed by atoms with Crippen molar-refractivity contribution in [2.45, 2.75) is 302 Å². The highest BCUT2D eigenvalue weighted by molar-refractivity contribution is 5.76. The van der Waals surface area contributed by atoms with E-state index in [1.165, 1.54) is 244 Å². The van der Waals surface area contributed by atoms with Crippen LogP contribution in [0.25, 0.3) is 0 Å².